The van der Waals surface area contributed by atoms with Crippen LogP contribution in [0.5, 0.6) is 12.0 Å². The molecule has 2 fully saturated rings. The highest BCUT2D eigenvalue weighted by atomic mass is 16.5. The van der Waals surface area contributed by atoms with E-state index in [1.54, 1.807) is 14.2 Å². The van der Waals surface area contributed by atoms with E-state index in [0.29, 0.717) is 24.1 Å². The summed E-state index contributed by atoms with van der Waals surface area (Å²) in [5, 5.41) is 3.64. The quantitative estimate of drug-likeness (QED) is 0.865. The minimum atomic E-state index is 0.288. The molecule has 1 aromatic heterocycles. The number of nitrogens with zero attached hydrogens (tertiary/aromatic N) is 4. The number of hydrogen-bond acceptors (Lipinski definition) is 7. The van der Waals surface area contributed by atoms with Gasteiger partial charge in [-0.1, -0.05) is 0 Å². The molecule has 3 rings (SSSR count). The molecule has 2 unspecified atom stereocenters. The summed E-state index contributed by atoms with van der Waals surface area (Å²) < 4.78 is 10.2. The van der Waals surface area contributed by atoms with Gasteiger partial charge in [-0.2, -0.15) is 9.97 Å². The molecule has 1 aromatic rings. The van der Waals surface area contributed by atoms with Gasteiger partial charge >= 0.3 is 12.0 Å². The summed E-state index contributed by atoms with van der Waals surface area (Å²) in [6, 6.07) is 2.29. The van der Waals surface area contributed by atoms with Gasteiger partial charge in [-0.05, 0) is 25.7 Å². The standard InChI is InChI=1S/C13H21N5O2/c1-18(10-6-8-4-5-9(7-10)14-8)11-15-12(19-2)17-13(16-11)20-3/h8-10,14H,4-7H2,1-3H3. The van der Waals surface area contributed by atoms with Crippen molar-refractivity contribution in [2.45, 2.75) is 43.8 Å². The van der Waals surface area contributed by atoms with Crippen molar-refractivity contribution in [1.82, 2.24) is 20.3 Å². The second kappa shape index (κ2) is 5.40. The third-order valence-electron chi connectivity index (χ3n) is 4.26. The average Bonchev–Trinajstić information content (AvgIpc) is 2.84. The Balaban J connectivity index is 1.80. The van der Waals surface area contributed by atoms with Gasteiger partial charge in [-0.3, -0.25) is 0 Å². The fraction of sp³-hybridized carbons (Fsp3) is 0.769. The molecule has 7 heteroatoms. The van der Waals surface area contributed by atoms with Crippen LogP contribution in [-0.2, 0) is 0 Å². The minimum Gasteiger partial charge on any atom is -0.467 e. The molecule has 20 heavy (non-hydrogen) atoms. The molecule has 0 saturated carbocycles. The highest BCUT2D eigenvalue weighted by Gasteiger charge is 2.36. The summed E-state index contributed by atoms with van der Waals surface area (Å²) in [6.45, 7) is 0. The van der Waals surface area contributed by atoms with Gasteiger partial charge in [0.1, 0.15) is 0 Å². The number of aromatic nitrogens is 3. The maximum absolute atomic E-state index is 5.11. The number of ether oxygens (including phenoxy) is 2. The molecule has 0 aromatic carbocycles. The lowest BCUT2D eigenvalue weighted by molar-refractivity contribution is 0.332. The second-order valence-electron chi connectivity index (χ2n) is 5.48. The molecule has 2 atom stereocenters. The Morgan fingerprint density at radius 1 is 1.00 bits per heavy atom. The third-order valence-corrected chi connectivity index (χ3v) is 4.26. The van der Waals surface area contributed by atoms with Crippen LogP contribution in [0.15, 0.2) is 0 Å². The van der Waals surface area contributed by atoms with Crippen molar-refractivity contribution in [3.05, 3.63) is 0 Å². The number of fused-ring (bicyclic) bond motifs is 2. The van der Waals surface area contributed by atoms with Gasteiger partial charge in [0, 0.05) is 25.2 Å². The molecule has 110 valence electrons. The molecule has 2 aliphatic rings. The lowest BCUT2D eigenvalue weighted by atomic mass is 9.99. The van der Waals surface area contributed by atoms with Gasteiger partial charge in [0.05, 0.1) is 14.2 Å². The molecule has 2 aliphatic heterocycles. The van der Waals surface area contributed by atoms with Gasteiger partial charge in [-0.15, -0.1) is 4.98 Å². The monoisotopic (exact) mass is 279 g/mol. The zero-order valence-corrected chi connectivity index (χ0v) is 12.2. The van der Waals surface area contributed by atoms with E-state index in [0.717, 1.165) is 12.8 Å². The zero-order valence-electron chi connectivity index (χ0n) is 12.2. The van der Waals surface area contributed by atoms with E-state index >= 15 is 0 Å². The molecule has 0 aliphatic carbocycles. The van der Waals surface area contributed by atoms with Crippen LogP contribution in [0.3, 0.4) is 0 Å². The Morgan fingerprint density at radius 3 is 2.05 bits per heavy atom. The summed E-state index contributed by atoms with van der Waals surface area (Å²) in [5.41, 5.74) is 0. The Kier molecular flexibility index (Phi) is 3.60. The highest BCUT2D eigenvalue weighted by Crippen LogP contribution is 2.31. The molecule has 0 radical (unpaired) electrons. The van der Waals surface area contributed by atoms with E-state index < -0.39 is 0 Å². The van der Waals surface area contributed by atoms with E-state index in [-0.39, 0.29) is 12.0 Å². The maximum Gasteiger partial charge on any atom is 0.324 e. The number of nitrogens with one attached hydrogen (secondary N) is 1. The van der Waals surface area contributed by atoms with Crippen LogP contribution in [0.25, 0.3) is 0 Å². The minimum absolute atomic E-state index is 0.288. The van der Waals surface area contributed by atoms with Crippen LogP contribution in [0, 0.1) is 0 Å². The number of methoxy groups -OCH3 is 2. The van der Waals surface area contributed by atoms with Gasteiger partial charge in [-0.25, -0.2) is 0 Å². The van der Waals surface area contributed by atoms with Crippen molar-refractivity contribution < 1.29 is 9.47 Å². The summed E-state index contributed by atoms with van der Waals surface area (Å²) in [5.74, 6) is 0.611. The summed E-state index contributed by atoms with van der Waals surface area (Å²) in [7, 11) is 5.12. The first-order valence-electron chi connectivity index (χ1n) is 7.02. The fourth-order valence-corrected chi connectivity index (χ4v) is 3.17. The SMILES string of the molecule is COc1nc(OC)nc(N(C)C2CC3CCC(C2)N3)n1. The highest BCUT2D eigenvalue weighted by molar-refractivity contribution is 5.33. The van der Waals surface area contributed by atoms with Crippen molar-refractivity contribution in [3.63, 3.8) is 0 Å². The van der Waals surface area contributed by atoms with Crippen LogP contribution >= 0.6 is 0 Å². The molecule has 0 spiro atoms. The molecule has 7 nitrogen and oxygen atoms in total. The summed E-state index contributed by atoms with van der Waals surface area (Å²) in [6.07, 6.45) is 4.81. The van der Waals surface area contributed by atoms with E-state index in [4.69, 9.17) is 9.47 Å². The van der Waals surface area contributed by atoms with Crippen LogP contribution in [0.1, 0.15) is 25.7 Å². The van der Waals surface area contributed by atoms with E-state index in [2.05, 4.69) is 25.2 Å². The van der Waals surface area contributed by atoms with Gasteiger partial charge in [0.25, 0.3) is 0 Å². The normalized spacial score (nSPS) is 28.2. The number of anilines is 1. The van der Waals surface area contributed by atoms with Crippen LogP contribution in [0.4, 0.5) is 5.95 Å². The first-order valence-corrected chi connectivity index (χ1v) is 7.02. The van der Waals surface area contributed by atoms with Gasteiger partial charge in [0.2, 0.25) is 5.95 Å². The van der Waals surface area contributed by atoms with Crippen molar-refractivity contribution >= 4 is 5.95 Å². The maximum atomic E-state index is 5.11. The number of rotatable bonds is 4. The Labute approximate surface area is 118 Å². The van der Waals surface area contributed by atoms with Crippen LogP contribution < -0.4 is 19.7 Å². The number of hydrogen-bond donors (Lipinski definition) is 1. The molecule has 0 amide bonds. The van der Waals surface area contributed by atoms with Crippen LogP contribution in [-0.4, -0.2) is 54.3 Å². The smallest absolute Gasteiger partial charge is 0.324 e. The molecular formula is C13H21N5O2. The molecule has 2 bridgehead atoms. The third kappa shape index (κ3) is 2.49. The van der Waals surface area contributed by atoms with E-state index in [9.17, 15) is 0 Å². The largest absolute Gasteiger partial charge is 0.467 e. The van der Waals surface area contributed by atoms with E-state index in [1.165, 1.54) is 12.8 Å². The Morgan fingerprint density at radius 2 is 1.55 bits per heavy atom. The lowest BCUT2D eigenvalue weighted by Gasteiger charge is -2.35. The Hall–Kier alpha value is -1.63. The molecular weight excluding hydrogens is 258 g/mol. The van der Waals surface area contributed by atoms with Crippen LogP contribution in [0.2, 0.25) is 0 Å². The summed E-state index contributed by atoms with van der Waals surface area (Å²) in [4.78, 5) is 14.8. The van der Waals surface area contributed by atoms with Crippen molar-refractivity contribution in [1.29, 1.82) is 0 Å². The topological polar surface area (TPSA) is 72.4 Å². The van der Waals surface area contributed by atoms with E-state index in [1.807, 2.05) is 7.05 Å². The van der Waals surface area contributed by atoms with Gasteiger partial charge in [0.15, 0.2) is 0 Å². The molecule has 2 saturated heterocycles. The summed E-state index contributed by atoms with van der Waals surface area (Å²) >= 11 is 0. The predicted octanol–water partition coefficient (Wildman–Crippen LogP) is 0.608. The predicted molar refractivity (Wildman–Crippen MR) is 74.3 cm³/mol. The fourth-order valence-electron chi connectivity index (χ4n) is 3.17. The molecule has 1 N–H and O–H groups in total. The average molecular weight is 279 g/mol. The number of piperidine rings is 1. The first kappa shape index (κ1) is 13.4. The lowest BCUT2D eigenvalue weighted by Crippen LogP contribution is -2.47. The molecule has 3 heterocycles. The van der Waals surface area contributed by atoms with Crippen molar-refractivity contribution in [3.8, 4) is 12.0 Å². The van der Waals surface area contributed by atoms with Gasteiger partial charge < -0.3 is 19.7 Å². The second-order valence-corrected chi connectivity index (χ2v) is 5.48. The first-order chi connectivity index (χ1) is 9.69. The van der Waals surface area contributed by atoms with Crippen molar-refractivity contribution in [2.75, 3.05) is 26.2 Å². The zero-order chi connectivity index (χ0) is 14.1. The Bertz CT molecular complexity index is 450. The van der Waals surface area contributed by atoms with Crippen molar-refractivity contribution in [2.24, 2.45) is 0 Å².